The van der Waals surface area contributed by atoms with Crippen molar-refractivity contribution >= 4 is 71.6 Å². The molecular weight excluding hydrogens is 612 g/mol. The quantitative estimate of drug-likeness (QED) is 0.203. The van der Waals surface area contributed by atoms with Gasteiger partial charge in [-0.2, -0.15) is 4.99 Å². The van der Waals surface area contributed by atoms with Gasteiger partial charge in [0.1, 0.15) is 0 Å². The lowest BCUT2D eigenvalue weighted by Gasteiger charge is -2.16. The van der Waals surface area contributed by atoms with E-state index in [1.54, 1.807) is 0 Å². The van der Waals surface area contributed by atoms with Gasteiger partial charge in [-0.15, -0.1) is 0 Å². The summed E-state index contributed by atoms with van der Waals surface area (Å²) in [5.74, 6) is -0.213. The lowest BCUT2D eigenvalue weighted by molar-refractivity contribution is -0.113. The van der Waals surface area contributed by atoms with Crippen LogP contribution in [0.3, 0.4) is 0 Å². The second kappa shape index (κ2) is 11.8. The van der Waals surface area contributed by atoms with Crippen LogP contribution < -0.4 is 0 Å². The van der Waals surface area contributed by atoms with Crippen molar-refractivity contribution in [2.75, 3.05) is 13.1 Å². The van der Waals surface area contributed by atoms with E-state index in [9.17, 15) is 9.59 Å². The first-order chi connectivity index (χ1) is 18.0. The molecule has 4 nitrogen and oxygen atoms in total. The highest BCUT2D eigenvalue weighted by Crippen LogP contribution is 2.38. The molecule has 2 aliphatic rings. The molecule has 1 amide bonds. The molecule has 0 N–H and O–H groups in total. The number of allylic oxidation sites excluding steroid dienone is 3. The number of aliphatic imine (C=N–C) groups is 1. The van der Waals surface area contributed by atoms with Crippen molar-refractivity contribution in [1.29, 1.82) is 0 Å². The summed E-state index contributed by atoms with van der Waals surface area (Å²) in [5.41, 5.74) is 4.12. The molecule has 0 atom stereocenters. The molecule has 0 unspecified atom stereocenters. The number of nitrogens with zero attached hydrogens (tertiary/aromatic N) is 2. The van der Waals surface area contributed by atoms with Gasteiger partial charge >= 0.3 is 0 Å². The van der Waals surface area contributed by atoms with Gasteiger partial charge in [0.25, 0.3) is 5.91 Å². The standard InChI is InChI=1S/C30H24Br2N2O2S/c31-24-12-8-21(9-13-24)26(28-29(36)33-30(37-28)34-16-4-5-17-34)18-23(20-6-2-1-3-7-20)19-27(35)22-10-14-25(32)15-11-22/h1-3,6-15,18H,4-5,16-17,19H2/b23-18-,28-26-. The Balaban J connectivity index is 1.59. The fourth-order valence-electron chi connectivity index (χ4n) is 4.39. The lowest BCUT2D eigenvalue weighted by atomic mass is 9.93. The Morgan fingerprint density at radius 2 is 1.43 bits per heavy atom. The molecule has 3 aromatic carbocycles. The first-order valence-electron chi connectivity index (χ1n) is 12.1. The van der Waals surface area contributed by atoms with E-state index in [1.807, 2.05) is 84.9 Å². The molecule has 3 aromatic rings. The first kappa shape index (κ1) is 25.9. The second-order valence-electron chi connectivity index (χ2n) is 8.89. The summed E-state index contributed by atoms with van der Waals surface area (Å²) in [6, 6.07) is 25.2. The minimum Gasteiger partial charge on any atom is -0.351 e. The maximum Gasteiger partial charge on any atom is 0.286 e. The average Bonchev–Trinajstić information content (AvgIpc) is 3.58. The Hall–Kier alpha value is -2.74. The van der Waals surface area contributed by atoms with Gasteiger partial charge in [0.2, 0.25) is 0 Å². The van der Waals surface area contributed by atoms with E-state index in [0.717, 1.165) is 62.3 Å². The van der Waals surface area contributed by atoms with E-state index >= 15 is 0 Å². The molecule has 0 spiro atoms. The van der Waals surface area contributed by atoms with Gasteiger partial charge in [-0.05, 0) is 71.6 Å². The fraction of sp³-hybridized carbons (Fsp3) is 0.167. The fourth-order valence-corrected chi connectivity index (χ4v) is 5.96. The van der Waals surface area contributed by atoms with Crippen molar-refractivity contribution in [3.8, 4) is 0 Å². The van der Waals surface area contributed by atoms with Crippen molar-refractivity contribution in [3.63, 3.8) is 0 Å². The number of amidine groups is 1. The van der Waals surface area contributed by atoms with E-state index in [4.69, 9.17) is 0 Å². The van der Waals surface area contributed by atoms with Crippen LogP contribution in [0.5, 0.6) is 0 Å². The smallest absolute Gasteiger partial charge is 0.286 e. The zero-order valence-corrected chi connectivity index (χ0v) is 24.0. The van der Waals surface area contributed by atoms with E-state index in [1.165, 1.54) is 11.8 Å². The summed E-state index contributed by atoms with van der Waals surface area (Å²) >= 11 is 8.39. The Bertz CT molecular complexity index is 1410. The van der Waals surface area contributed by atoms with Crippen LogP contribution in [0.15, 0.2) is 104 Å². The second-order valence-corrected chi connectivity index (χ2v) is 11.7. The number of amides is 1. The maximum atomic E-state index is 13.3. The van der Waals surface area contributed by atoms with Gasteiger partial charge in [-0.25, -0.2) is 0 Å². The van der Waals surface area contributed by atoms with Gasteiger partial charge in [-0.3, -0.25) is 9.59 Å². The number of hydrogen-bond acceptors (Lipinski definition) is 4. The molecule has 37 heavy (non-hydrogen) atoms. The van der Waals surface area contributed by atoms with Crippen molar-refractivity contribution in [1.82, 2.24) is 4.90 Å². The third kappa shape index (κ3) is 6.22. The highest BCUT2D eigenvalue weighted by Gasteiger charge is 2.30. The molecule has 0 aromatic heterocycles. The molecule has 7 heteroatoms. The molecule has 0 saturated carbocycles. The molecule has 1 saturated heterocycles. The average molecular weight is 636 g/mol. The van der Waals surface area contributed by atoms with Gasteiger partial charge in [0.15, 0.2) is 11.0 Å². The molecule has 5 rings (SSSR count). The summed E-state index contributed by atoms with van der Waals surface area (Å²) < 4.78 is 1.88. The first-order valence-corrected chi connectivity index (χ1v) is 14.5. The summed E-state index contributed by atoms with van der Waals surface area (Å²) in [5, 5.41) is 0.771. The minimum atomic E-state index is -0.229. The van der Waals surface area contributed by atoms with Crippen LogP contribution in [0.2, 0.25) is 0 Å². The molecule has 0 aliphatic carbocycles. The molecule has 2 aliphatic heterocycles. The van der Waals surface area contributed by atoms with Gasteiger partial charge < -0.3 is 4.90 Å². The molecule has 0 bridgehead atoms. The Morgan fingerprint density at radius 1 is 0.838 bits per heavy atom. The number of thioether (sulfide) groups is 1. The maximum absolute atomic E-state index is 13.3. The van der Waals surface area contributed by atoms with Gasteiger partial charge in [0.05, 0.1) is 4.91 Å². The summed E-state index contributed by atoms with van der Waals surface area (Å²) in [7, 11) is 0. The SMILES string of the molecule is O=C1N=C(N2CCCC2)S/C1=C(/C=C(/CC(=O)c1ccc(Br)cc1)c1ccccc1)c1ccc(Br)cc1. The molecule has 2 heterocycles. The van der Waals surface area contributed by atoms with Crippen LogP contribution >= 0.6 is 43.6 Å². The van der Waals surface area contributed by atoms with Crippen LogP contribution in [-0.2, 0) is 4.79 Å². The van der Waals surface area contributed by atoms with Gasteiger partial charge in [-0.1, -0.05) is 86.5 Å². The van der Waals surface area contributed by atoms with Crippen LogP contribution in [0.25, 0.3) is 11.1 Å². The number of carbonyl (C=O) groups excluding carboxylic acids is 2. The Morgan fingerprint density at radius 3 is 2.05 bits per heavy atom. The number of benzene rings is 3. The molecular formula is C30H24Br2N2O2S. The zero-order chi connectivity index (χ0) is 25.8. The lowest BCUT2D eigenvalue weighted by Crippen LogP contribution is -2.23. The number of hydrogen-bond donors (Lipinski definition) is 0. The van der Waals surface area contributed by atoms with Crippen LogP contribution in [0.1, 0.15) is 40.7 Å². The molecule has 186 valence electrons. The summed E-state index contributed by atoms with van der Waals surface area (Å²) in [6.45, 7) is 1.85. The predicted octanol–water partition coefficient (Wildman–Crippen LogP) is 8.00. The highest BCUT2D eigenvalue weighted by atomic mass is 79.9. The van der Waals surface area contributed by atoms with Crippen molar-refractivity contribution in [2.45, 2.75) is 19.3 Å². The highest BCUT2D eigenvalue weighted by molar-refractivity contribution is 9.10. The zero-order valence-electron chi connectivity index (χ0n) is 20.0. The molecule has 0 radical (unpaired) electrons. The van der Waals surface area contributed by atoms with E-state index in [0.29, 0.717) is 10.5 Å². The molecule has 1 fully saturated rings. The Labute approximate surface area is 237 Å². The topological polar surface area (TPSA) is 49.7 Å². The number of ketones is 1. The number of carbonyl (C=O) groups is 2. The minimum absolute atomic E-state index is 0.0159. The van der Waals surface area contributed by atoms with Crippen LogP contribution in [0, 0.1) is 0 Å². The van der Waals surface area contributed by atoms with Crippen molar-refractivity contribution in [2.24, 2.45) is 4.99 Å². The van der Waals surface area contributed by atoms with Crippen LogP contribution in [0.4, 0.5) is 0 Å². The third-order valence-corrected chi connectivity index (χ3v) is 8.53. The van der Waals surface area contributed by atoms with E-state index in [-0.39, 0.29) is 18.1 Å². The third-order valence-electron chi connectivity index (χ3n) is 6.34. The normalized spacial score (nSPS) is 17.2. The largest absolute Gasteiger partial charge is 0.351 e. The Kier molecular flexibility index (Phi) is 8.23. The van der Waals surface area contributed by atoms with Gasteiger partial charge in [0, 0.05) is 39.6 Å². The number of rotatable bonds is 6. The van der Waals surface area contributed by atoms with Crippen LogP contribution in [-0.4, -0.2) is 34.8 Å². The van der Waals surface area contributed by atoms with E-state index in [2.05, 4.69) is 41.8 Å². The van der Waals surface area contributed by atoms with Crippen molar-refractivity contribution < 1.29 is 9.59 Å². The number of halogens is 2. The monoisotopic (exact) mass is 634 g/mol. The number of likely N-dealkylation sites (tertiary alicyclic amines) is 1. The summed E-state index contributed by atoms with van der Waals surface area (Å²) in [4.78, 5) is 33.7. The predicted molar refractivity (Wildman–Crippen MR) is 159 cm³/mol. The van der Waals surface area contributed by atoms with Crippen molar-refractivity contribution in [3.05, 3.63) is 115 Å². The number of Topliss-reactive ketones (excluding diaryl/α,β-unsaturated/α-hetero) is 1. The van der Waals surface area contributed by atoms with E-state index < -0.39 is 0 Å². The summed E-state index contributed by atoms with van der Waals surface area (Å²) in [6.07, 6.45) is 4.43.